The Hall–Kier alpha value is -0.540. The number of benzene rings is 1. The van der Waals surface area contributed by atoms with Gasteiger partial charge in [0.05, 0.1) is 0 Å². The first-order chi connectivity index (χ1) is 8.10. The van der Waals surface area contributed by atoms with Gasteiger partial charge in [0.2, 0.25) is 0 Å². The third-order valence-electron chi connectivity index (χ3n) is 2.73. The molecule has 1 atom stereocenters. The number of rotatable bonds is 6. The topological polar surface area (TPSA) is 12.0 Å². The van der Waals surface area contributed by atoms with Crippen LogP contribution in [0.3, 0.4) is 0 Å². The molecular weight excluding hydrogens is 233 g/mol. The van der Waals surface area contributed by atoms with Crippen molar-refractivity contribution in [3.63, 3.8) is 0 Å². The molecule has 17 heavy (non-hydrogen) atoms. The molecule has 0 aliphatic carbocycles. The summed E-state index contributed by atoms with van der Waals surface area (Å²) in [7, 11) is 0. The fraction of sp³-hybridized carbons (Fsp3) is 0.571. The molecule has 0 aliphatic rings. The molecule has 0 aromatic heterocycles. The Morgan fingerprint density at radius 3 is 2.65 bits per heavy atom. The lowest BCUT2D eigenvalue weighted by Crippen LogP contribution is -2.18. The van der Waals surface area contributed by atoms with Gasteiger partial charge in [0, 0.05) is 10.9 Å². The van der Waals surface area contributed by atoms with E-state index in [0.717, 1.165) is 29.8 Å². The van der Waals surface area contributed by atoms with Gasteiger partial charge in [0.25, 0.3) is 0 Å². The smallest absolute Gasteiger partial charge is 0.126 e. The summed E-state index contributed by atoms with van der Waals surface area (Å²) in [5.74, 6) is 0.974. The fourth-order valence-corrected chi connectivity index (χ4v) is 2.85. The first kappa shape index (κ1) is 14.5. The van der Waals surface area contributed by atoms with Crippen molar-refractivity contribution in [2.75, 3.05) is 12.3 Å². The first-order valence-corrected chi connectivity index (χ1v) is 7.24. The van der Waals surface area contributed by atoms with Gasteiger partial charge in [-0.05, 0) is 55.8 Å². The van der Waals surface area contributed by atoms with Gasteiger partial charge < -0.3 is 5.32 Å². The van der Waals surface area contributed by atoms with Crippen molar-refractivity contribution >= 4 is 11.8 Å². The highest BCUT2D eigenvalue weighted by Crippen LogP contribution is 2.30. The monoisotopic (exact) mass is 255 g/mol. The summed E-state index contributed by atoms with van der Waals surface area (Å²) in [6.45, 7) is 9.04. The zero-order valence-corrected chi connectivity index (χ0v) is 12.0. The van der Waals surface area contributed by atoms with Crippen molar-refractivity contribution in [2.45, 2.75) is 45.1 Å². The predicted molar refractivity (Wildman–Crippen MR) is 74.2 cm³/mol. The van der Waals surface area contributed by atoms with Gasteiger partial charge >= 0.3 is 0 Å². The van der Waals surface area contributed by atoms with Gasteiger partial charge in [-0.2, -0.15) is 0 Å². The molecule has 0 bridgehead atoms. The second kappa shape index (κ2) is 7.02. The summed E-state index contributed by atoms with van der Waals surface area (Å²) >= 11 is 1.82. The maximum atomic E-state index is 13.6. The molecule has 1 aromatic carbocycles. The number of hydrogen-bond acceptors (Lipinski definition) is 2. The van der Waals surface area contributed by atoms with Crippen LogP contribution in [0.25, 0.3) is 0 Å². The molecule has 1 aromatic rings. The maximum absolute atomic E-state index is 13.6. The average Bonchev–Trinajstić information content (AvgIpc) is 2.30. The Balaban J connectivity index is 3.02. The Labute approximate surface area is 108 Å². The first-order valence-electron chi connectivity index (χ1n) is 6.26. The molecule has 1 unspecified atom stereocenters. The SMILES string of the molecule is CCCSc1cc(C)c(F)cc1C(C)NCC. The van der Waals surface area contributed by atoms with Gasteiger partial charge in [0.15, 0.2) is 0 Å². The van der Waals surface area contributed by atoms with Gasteiger partial charge in [-0.3, -0.25) is 0 Å². The zero-order chi connectivity index (χ0) is 12.8. The van der Waals surface area contributed by atoms with Crippen LogP contribution in [-0.2, 0) is 0 Å². The van der Waals surface area contributed by atoms with Crippen molar-refractivity contribution in [2.24, 2.45) is 0 Å². The molecule has 0 fully saturated rings. The van der Waals surface area contributed by atoms with E-state index in [4.69, 9.17) is 0 Å². The van der Waals surface area contributed by atoms with Crippen LogP contribution in [0.4, 0.5) is 4.39 Å². The minimum atomic E-state index is -0.106. The predicted octanol–water partition coefficient (Wildman–Crippen LogP) is 4.31. The Morgan fingerprint density at radius 1 is 1.35 bits per heavy atom. The minimum absolute atomic E-state index is 0.106. The number of halogens is 1. The summed E-state index contributed by atoms with van der Waals surface area (Å²) in [5, 5.41) is 3.35. The van der Waals surface area contributed by atoms with Crippen molar-refractivity contribution in [3.8, 4) is 0 Å². The quantitative estimate of drug-likeness (QED) is 0.760. The van der Waals surface area contributed by atoms with E-state index in [2.05, 4.69) is 26.1 Å². The molecule has 96 valence electrons. The molecule has 0 spiro atoms. The average molecular weight is 255 g/mol. The van der Waals surface area contributed by atoms with Crippen molar-refractivity contribution in [1.29, 1.82) is 0 Å². The van der Waals surface area contributed by atoms with E-state index in [1.165, 1.54) is 4.90 Å². The Kier molecular flexibility index (Phi) is 6.00. The number of hydrogen-bond donors (Lipinski definition) is 1. The molecule has 0 aliphatic heterocycles. The minimum Gasteiger partial charge on any atom is -0.310 e. The highest BCUT2D eigenvalue weighted by molar-refractivity contribution is 7.99. The fourth-order valence-electron chi connectivity index (χ4n) is 1.76. The second-order valence-corrected chi connectivity index (χ2v) is 5.40. The van der Waals surface area contributed by atoms with Crippen LogP contribution in [0.15, 0.2) is 17.0 Å². The van der Waals surface area contributed by atoms with Gasteiger partial charge in [0.1, 0.15) is 5.82 Å². The van der Waals surface area contributed by atoms with E-state index in [9.17, 15) is 4.39 Å². The van der Waals surface area contributed by atoms with E-state index >= 15 is 0 Å². The van der Waals surface area contributed by atoms with E-state index in [0.29, 0.717) is 0 Å². The molecule has 0 saturated heterocycles. The van der Waals surface area contributed by atoms with Crippen LogP contribution < -0.4 is 5.32 Å². The molecule has 1 nitrogen and oxygen atoms in total. The largest absolute Gasteiger partial charge is 0.310 e. The van der Waals surface area contributed by atoms with Crippen LogP contribution in [0.2, 0.25) is 0 Å². The van der Waals surface area contributed by atoms with E-state index < -0.39 is 0 Å². The summed E-state index contributed by atoms with van der Waals surface area (Å²) < 4.78 is 13.6. The normalized spacial score (nSPS) is 12.8. The summed E-state index contributed by atoms with van der Waals surface area (Å²) in [4.78, 5) is 1.21. The number of thioether (sulfide) groups is 1. The third-order valence-corrected chi connectivity index (χ3v) is 4.01. The van der Waals surface area contributed by atoms with Crippen molar-refractivity contribution in [1.82, 2.24) is 5.32 Å². The lowest BCUT2D eigenvalue weighted by molar-refractivity contribution is 0.571. The zero-order valence-electron chi connectivity index (χ0n) is 11.1. The van der Waals surface area contributed by atoms with E-state index in [1.807, 2.05) is 24.8 Å². The lowest BCUT2D eigenvalue weighted by atomic mass is 10.1. The molecule has 3 heteroatoms. The summed E-state index contributed by atoms with van der Waals surface area (Å²) in [6, 6.07) is 3.86. The highest BCUT2D eigenvalue weighted by atomic mass is 32.2. The molecular formula is C14H22FNS. The Bertz CT molecular complexity index is 365. The van der Waals surface area contributed by atoms with Gasteiger partial charge in [-0.25, -0.2) is 4.39 Å². The highest BCUT2D eigenvalue weighted by Gasteiger charge is 2.13. The van der Waals surface area contributed by atoms with Crippen LogP contribution in [0.5, 0.6) is 0 Å². The molecule has 0 heterocycles. The number of aryl methyl sites for hydroxylation is 1. The molecule has 0 saturated carbocycles. The van der Waals surface area contributed by atoms with Crippen LogP contribution in [0, 0.1) is 12.7 Å². The van der Waals surface area contributed by atoms with Crippen molar-refractivity contribution < 1.29 is 4.39 Å². The molecule has 1 rings (SSSR count). The molecule has 0 radical (unpaired) electrons. The van der Waals surface area contributed by atoms with Crippen LogP contribution in [-0.4, -0.2) is 12.3 Å². The third kappa shape index (κ3) is 4.00. The van der Waals surface area contributed by atoms with Crippen LogP contribution >= 0.6 is 11.8 Å². The molecule has 0 amide bonds. The van der Waals surface area contributed by atoms with E-state index in [-0.39, 0.29) is 11.9 Å². The molecule has 1 N–H and O–H groups in total. The van der Waals surface area contributed by atoms with Crippen LogP contribution in [0.1, 0.15) is 44.4 Å². The Morgan fingerprint density at radius 2 is 2.06 bits per heavy atom. The van der Waals surface area contributed by atoms with E-state index in [1.54, 1.807) is 6.07 Å². The number of nitrogens with one attached hydrogen (secondary N) is 1. The second-order valence-electron chi connectivity index (χ2n) is 4.27. The lowest BCUT2D eigenvalue weighted by Gasteiger charge is -2.18. The van der Waals surface area contributed by atoms with Gasteiger partial charge in [-0.1, -0.05) is 13.8 Å². The standard InChI is InChI=1S/C14H22FNS/c1-5-7-17-14-8-10(3)13(15)9-12(14)11(4)16-6-2/h8-9,11,16H,5-7H2,1-4H3. The summed E-state index contributed by atoms with van der Waals surface area (Å²) in [6.07, 6.45) is 1.14. The maximum Gasteiger partial charge on any atom is 0.126 e. The van der Waals surface area contributed by atoms with Gasteiger partial charge in [-0.15, -0.1) is 11.8 Å². The van der Waals surface area contributed by atoms with Crippen molar-refractivity contribution in [3.05, 3.63) is 29.1 Å². The summed E-state index contributed by atoms with van der Waals surface area (Å²) in [5.41, 5.74) is 1.81.